The molecule has 0 saturated carbocycles. The normalized spacial score (nSPS) is 11.6. The summed E-state index contributed by atoms with van der Waals surface area (Å²) in [7, 11) is 0. The quantitative estimate of drug-likeness (QED) is 0.597. The van der Waals surface area contributed by atoms with Crippen molar-refractivity contribution in [3.8, 4) is 0 Å². The third kappa shape index (κ3) is 6.17. The van der Waals surface area contributed by atoms with Crippen molar-refractivity contribution < 1.29 is 9.59 Å². The maximum absolute atomic E-state index is 12.6. The first kappa shape index (κ1) is 20.0. The number of benzene rings is 2. The van der Waals surface area contributed by atoms with E-state index in [1.165, 1.54) is 0 Å². The first-order valence-corrected chi connectivity index (χ1v) is 10.6. The van der Waals surface area contributed by atoms with Crippen LogP contribution in [0.5, 0.6) is 0 Å². The van der Waals surface area contributed by atoms with E-state index in [1.54, 1.807) is 30.0 Å². The Hall–Kier alpha value is -1.31. The number of hydrogen-bond donors (Lipinski definition) is 2. The number of amides is 2. The van der Waals surface area contributed by atoms with Gasteiger partial charge in [-0.05, 0) is 64.7 Å². The molecule has 0 heterocycles. The van der Waals surface area contributed by atoms with Crippen molar-refractivity contribution in [2.75, 3.05) is 17.3 Å². The minimum absolute atomic E-state index is 0.229. The van der Waals surface area contributed by atoms with Gasteiger partial charge in [0.2, 0.25) is 5.91 Å². The zero-order chi connectivity index (χ0) is 18.2. The molecule has 2 amide bonds. The van der Waals surface area contributed by atoms with Crippen LogP contribution in [-0.4, -0.2) is 29.9 Å². The predicted molar refractivity (Wildman–Crippen MR) is 111 cm³/mol. The van der Waals surface area contributed by atoms with Gasteiger partial charge in [-0.1, -0.05) is 34.1 Å². The Bertz CT molecular complexity index is 755. The molecule has 25 heavy (non-hydrogen) atoms. The minimum atomic E-state index is -0.606. The molecular weight excluding hydrogens is 468 g/mol. The van der Waals surface area contributed by atoms with Crippen LogP contribution in [0.15, 0.2) is 57.5 Å². The molecule has 1 atom stereocenters. The summed E-state index contributed by atoms with van der Waals surface area (Å²) < 4.78 is 1.58. The molecule has 7 heteroatoms. The largest absolute Gasteiger partial charge is 0.340 e. The number of rotatable bonds is 7. The maximum Gasteiger partial charge on any atom is 0.253 e. The number of anilines is 1. The van der Waals surface area contributed by atoms with Crippen molar-refractivity contribution in [3.05, 3.63) is 63.0 Å². The van der Waals surface area contributed by atoms with Gasteiger partial charge in [-0.2, -0.15) is 11.8 Å². The van der Waals surface area contributed by atoms with Crippen LogP contribution in [0.4, 0.5) is 5.69 Å². The molecular formula is C18H18Br2N2O2S. The second-order valence-corrected chi connectivity index (χ2v) is 8.04. The SMILES string of the molecule is CSCCC(NC(=O)c1ccccc1Br)C(=O)Nc1cccc(Br)c1. The monoisotopic (exact) mass is 484 g/mol. The zero-order valence-electron chi connectivity index (χ0n) is 13.6. The van der Waals surface area contributed by atoms with Crippen molar-refractivity contribution >= 4 is 61.1 Å². The second kappa shape index (κ2) is 9.99. The zero-order valence-corrected chi connectivity index (χ0v) is 17.6. The first-order chi connectivity index (χ1) is 12.0. The van der Waals surface area contributed by atoms with Crippen LogP contribution < -0.4 is 10.6 Å². The van der Waals surface area contributed by atoms with Crippen LogP contribution in [0, 0.1) is 0 Å². The third-order valence-corrected chi connectivity index (χ3v) is 5.27. The molecule has 0 aliphatic carbocycles. The van der Waals surface area contributed by atoms with E-state index in [4.69, 9.17) is 0 Å². The molecule has 0 fully saturated rings. The number of carbonyl (C=O) groups excluding carboxylic acids is 2. The molecule has 2 aromatic carbocycles. The maximum atomic E-state index is 12.6. The molecule has 0 aliphatic heterocycles. The molecule has 0 radical (unpaired) electrons. The summed E-state index contributed by atoms with van der Waals surface area (Å²) in [5.74, 6) is 0.267. The molecule has 0 bridgehead atoms. The molecule has 0 aromatic heterocycles. The summed E-state index contributed by atoms with van der Waals surface area (Å²) >= 11 is 8.38. The highest BCUT2D eigenvalue weighted by Crippen LogP contribution is 2.18. The smallest absolute Gasteiger partial charge is 0.253 e. The molecule has 2 rings (SSSR count). The van der Waals surface area contributed by atoms with Crippen LogP contribution in [0.25, 0.3) is 0 Å². The van der Waals surface area contributed by atoms with E-state index in [0.29, 0.717) is 22.1 Å². The number of halogens is 2. The fraction of sp³-hybridized carbons (Fsp3) is 0.222. The van der Waals surface area contributed by atoms with Crippen molar-refractivity contribution in [2.24, 2.45) is 0 Å². The van der Waals surface area contributed by atoms with E-state index in [-0.39, 0.29) is 11.8 Å². The Morgan fingerprint density at radius 1 is 1.12 bits per heavy atom. The minimum Gasteiger partial charge on any atom is -0.340 e. The van der Waals surface area contributed by atoms with Gasteiger partial charge >= 0.3 is 0 Å². The highest BCUT2D eigenvalue weighted by molar-refractivity contribution is 9.10. The highest BCUT2D eigenvalue weighted by atomic mass is 79.9. The van der Waals surface area contributed by atoms with Crippen LogP contribution >= 0.6 is 43.6 Å². The Balaban J connectivity index is 2.10. The van der Waals surface area contributed by atoms with E-state index in [0.717, 1.165) is 10.2 Å². The second-order valence-electron chi connectivity index (χ2n) is 5.29. The lowest BCUT2D eigenvalue weighted by atomic mass is 10.1. The molecule has 1 unspecified atom stereocenters. The fourth-order valence-electron chi connectivity index (χ4n) is 2.18. The van der Waals surface area contributed by atoms with Crippen LogP contribution in [0.2, 0.25) is 0 Å². The van der Waals surface area contributed by atoms with Gasteiger partial charge in [0.25, 0.3) is 5.91 Å². The highest BCUT2D eigenvalue weighted by Gasteiger charge is 2.22. The van der Waals surface area contributed by atoms with Gasteiger partial charge in [0.05, 0.1) is 5.56 Å². The third-order valence-electron chi connectivity index (χ3n) is 3.44. The molecule has 0 spiro atoms. The van der Waals surface area contributed by atoms with E-state index >= 15 is 0 Å². The summed E-state index contributed by atoms with van der Waals surface area (Å²) in [4.78, 5) is 25.1. The number of nitrogens with one attached hydrogen (secondary N) is 2. The molecule has 2 N–H and O–H groups in total. The lowest BCUT2D eigenvalue weighted by Crippen LogP contribution is -2.44. The Morgan fingerprint density at radius 2 is 1.88 bits per heavy atom. The summed E-state index contributed by atoms with van der Waals surface area (Å²) in [6.45, 7) is 0. The van der Waals surface area contributed by atoms with Gasteiger partial charge in [-0.25, -0.2) is 0 Å². The Kier molecular flexibility index (Phi) is 7.99. The van der Waals surface area contributed by atoms with Gasteiger partial charge in [-0.15, -0.1) is 0 Å². The first-order valence-electron chi connectivity index (χ1n) is 7.62. The molecule has 4 nitrogen and oxygen atoms in total. The Morgan fingerprint density at radius 3 is 2.56 bits per heavy atom. The predicted octanol–water partition coefficient (Wildman–Crippen LogP) is 4.70. The van der Waals surface area contributed by atoms with E-state index < -0.39 is 6.04 Å². The van der Waals surface area contributed by atoms with Crippen molar-refractivity contribution in [2.45, 2.75) is 12.5 Å². The topological polar surface area (TPSA) is 58.2 Å². The lowest BCUT2D eigenvalue weighted by molar-refractivity contribution is -0.118. The lowest BCUT2D eigenvalue weighted by Gasteiger charge is -2.18. The van der Waals surface area contributed by atoms with Crippen molar-refractivity contribution in [1.82, 2.24) is 5.32 Å². The average molecular weight is 486 g/mol. The van der Waals surface area contributed by atoms with Crippen molar-refractivity contribution in [1.29, 1.82) is 0 Å². The summed E-state index contributed by atoms with van der Waals surface area (Å²) in [5.41, 5.74) is 1.19. The van der Waals surface area contributed by atoms with E-state index in [9.17, 15) is 9.59 Å². The van der Waals surface area contributed by atoms with Gasteiger partial charge < -0.3 is 10.6 Å². The van der Waals surface area contributed by atoms with Gasteiger partial charge in [0, 0.05) is 14.6 Å². The number of thioether (sulfide) groups is 1. The average Bonchev–Trinajstić information content (AvgIpc) is 2.58. The standard InChI is InChI=1S/C18H18Br2N2O2S/c1-25-10-9-16(18(24)21-13-6-4-5-12(19)11-13)22-17(23)14-7-2-3-8-15(14)20/h2-8,11,16H,9-10H2,1H3,(H,21,24)(H,22,23). The summed E-state index contributed by atoms with van der Waals surface area (Å²) in [6, 6.07) is 13.9. The number of hydrogen-bond acceptors (Lipinski definition) is 3. The van der Waals surface area contributed by atoms with E-state index in [1.807, 2.05) is 36.6 Å². The molecule has 0 aliphatic rings. The van der Waals surface area contributed by atoms with Crippen LogP contribution in [0.1, 0.15) is 16.8 Å². The van der Waals surface area contributed by atoms with Crippen LogP contribution in [-0.2, 0) is 4.79 Å². The summed E-state index contributed by atoms with van der Waals surface area (Å²) in [6.07, 6.45) is 2.52. The fourth-order valence-corrected chi connectivity index (χ4v) is 3.52. The molecule has 132 valence electrons. The van der Waals surface area contributed by atoms with Gasteiger partial charge in [0.1, 0.15) is 6.04 Å². The molecule has 2 aromatic rings. The summed E-state index contributed by atoms with van der Waals surface area (Å²) in [5, 5.41) is 5.70. The Labute approximate surface area is 168 Å². The number of carbonyl (C=O) groups is 2. The van der Waals surface area contributed by atoms with Crippen LogP contribution in [0.3, 0.4) is 0 Å². The van der Waals surface area contributed by atoms with E-state index in [2.05, 4.69) is 42.5 Å². The van der Waals surface area contributed by atoms with Gasteiger partial charge in [0.15, 0.2) is 0 Å². The molecule has 0 saturated heterocycles. The van der Waals surface area contributed by atoms with Crippen molar-refractivity contribution in [3.63, 3.8) is 0 Å². The van der Waals surface area contributed by atoms with Gasteiger partial charge in [-0.3, -0.25) is 9.59 Å².